The summed E-state index contributed by atoms with van der Waals surface area (Å²) in [6.45, 7) is -0.485. The molecule has 3 aromatic carbocycles. The van der Waals surface area contributed by atoms with Gasteiger partial charge in [-0.25, -0.2) is 4.79 Å². The first kappa shape index (κ1) is 28.4. The molecular formula is C25H15IN4O9S. The van der Waals surface area contributed by atoms with Gasteiger partial charge >= 0.3 is 5.97 Å². The van der Waals surface area contributed by atoms with Crippen molar-refractivity contribution in [1.29, 1.82) is 0 Å². The second-order valence-electron chi connectivity index (χ2n) is 8.04. The summed E-state index contributed by atoms with van der Waals surface area (Å²) in [7, 11) is 0. The quantitative estimate of drug-likeness (QED) is 0.0854. The number of imide groups is 1. The first-order chi connectivity index (χ1) is 19.0. The predicted molar refractivity (Wildman–Crippen MR) is 152 cm³/mol. The monoisotopic (exact) mass is 674 g/mol. The third-order valence-corrected chi connectivity index (χ3v) is 6.86. The molecule has 0 aromatic heterocycles. The normalized spacial score (nSPS) is 13.8. The van der Waals surface area contributed by atoms with Crippen LogP contribution in [0, 0.1) is 23.8 Å². The molecule has 1 aliphatic rings. The number of hydrogen-bond donors (Lipinski definition) is 1. The van der Waals surface area contributed by atoms with E-state index in [1.165, 1.54) is 24.3 Å². The largest absolute Gasteiger partial charge is 0.423 e. The summed E-state index contributed by atoms with van der Waals surface area (Å²) in [5.41, 5.74) is -0.838. The maximum absolute atomic E-state index is 12.8. The van der Waals surface area contributed by atoms with Crippen LogP contribution in [0.15, 0.2) is 71.6 Å². The first-order valence-electron chi connectivity index (χ1n) is 11.1. The summed E-state index contributed by atoms with van der Waals surface area (Å²) in [6, 6.07) is 15.2. The van der Waals surface area contributed by atoms with Gasteiger partial charge in [-0.1, -0.05) is 12.1 Å². The van der Waals surface area contributed by atoms with Crippen molar-refractivity contribution >= 4 is 80.5 Å². The van der Waals surface area contributed by atoms with Crippen LogP contribution in [0.3, 0.4) is 0 Å². The molecule has 4 rings (SSSR count). The van der Waals surface area contributed by atoms with E-state index in [0.29, 0.717) is 23.0 Å². The molecule has 13 nitrogen and oxygen atoms in total. The Morgan fingerprint density at radius 1 is 0.975 bits per heavy atom. The number of benzene rings is 3. The smallest absolute Gasteiger partial charge is 0.344 e. The average molecular weight is 674 g/mol. The second kappa shape index (κ2) is 12.0. The highest BCUT2D eigenvalue weighted by Crippen LogP contribution is 2.33. The molecule has 1 fully saturated rings. The molecule has 0 bridgehead atoms. The number of nitrogens with one attached hydrogen (secondary N) is 1. The van der Waals surface area contributed by atoms with Crippen molar-refractivity contribution in [3.63, 3.8) is 0 Å². The van der Waals surface area contributed by atoms with E-state index in [0.717, 1.165) is 26.7 Å². The Morgan fingerprint density at radius 3 is 2.25 bits per heavy atom. The molecule has 0 unspecified atom stereocenters. The Kier molecular flexibility index (Phi) is 8.54. The lowest BCUT2D eigenvalue weighted by Gasteiger charge is -2.12. The SMILES string of the molecule is O=C(CN1C(=O)S/C(=C\c2cccc(OC(=O)c3cc([N+](=O)[O-])cc([N+](=O)[O-])c3)c2)C1=O)Nc1ccc(I)cc1. The number of amides is 3. The molecule has 0 aliphatic carbocycles. The zero-order chi connectivity index (χ0) is 29.0. The molecule has 15 heteroatoms. The molecule has 202 valence electrons. The highest BCUT2D eigenvalue weighted by atomic mass is 127. The van der Waals surface area contributed by atoms with Gasteiger partial charge in [-0.2, -0.15) is 0 Å². The fourth-order valence-corrected chi connectivity index (χ4v) is 4.62. The van der Waals surface area contributed by atoms with Crippen molar-refractivity contribution in [3.8, 4) is 5.75 Å². The fraction of sp³-hybridized carbons (Fsp3) is 0.0400. The molecule has 0 spiro atoms. The van der Waals surface area contributed by atoms with Gasteiger partial charge in [0.1, 0.15) is 12.3 Å². The maximum atomic E-state index is 12.8. The van der Waals surface area contributed by atoms with Gasteiger partial charge in [0.05, 0.1) is 26.4 Å². The predicted octanol–water partition coefficient (Wildman–Crippen LogP) is 5.00. The molecule has 0 saturated carbocycles. The van der Waals surface area contributed by atoms with Crippen LogP contribution in [0.1, 0.15) is 15.9 Å². The highest BCUT2D eigenvalue weighted by molar-refractivity contribution is 14.1. The van der Waals surface area contributed by atoms with Crippen LogP contribution in [0.25, 0.3) is 6.08 Å². The Labute approximate surface area is 242 Å². The van der Waals surface area contributed by atoms with E-state index >= 15 is 0 Å². The summed E-state index contributed by atoms with van der Waals surface area (Å²) < 4.78 is 6.20. The Bertz CT molecular complexity index is 1580. The summed E-state index contributed by atoms with van der Waals surface area (Å²) >= 11 is 2.75. The third kappa shape index (κ3) is 6.86. The summed E-state index contributed by atoms with van der Waals surface area (Å²) in [5.74, 6) is -2.34. The van der Waals surface area contributed by atoms with E-state index in [1.54, 1.807) is 30.3 Å². The van der Waals surface area contributed by atoms with Gasteiger partial charge in [-0.05, 0) is 82.4 Å². The number of halogens is 1. The molecule has 1 heterocycles. The number of anilines is 1. The highest BCUT2D eigenvalue weighted by Gasteiger charge is 2.36. The summed E-state index contributed by atoms with van der Waals surface area (Å²) in [4.78, 5) is 71.5. The van der Waals surface area contributed by atoms with Crippen LogP contribution in [0.4, 0.5) is 21.9 Å². The second-order valence-corrected chi connectivity index (χ2v) is 10.3. The molecule has 1 aliphatic heterocycles. The Morgan fingerprint density at radius 2 is 1.62 bits per heavy atom. The average Bonchev–Trinajstić information content (AvgIpc) is 3.17. The van der Waals surface area contributed by atoms with E-state index in [-0.39, 0.29) is 10.7 Å². The maximum Gasteiger partial charge on any atom is 0.344 e. The Balaban J connectivity index is 1.46. The number of nitro groups is 2. The van der Waals surface area contributed by atoms with Crippen molar-refractivity contribution in [3.05, 3.63) is 107 Å². The minimum atomic E-state index is -1.08. The van der Waals surface area contributed by atoms with Crippen molar-refractivity contribution < 1.29 is 33.8 Å². The van der Waals surface area contributed by atoms with Crippen LogP contribution in [0.5, 0.6) is 5.75 Å². The number of nitrogens with zero attached hydrogens (tertiary/aromatic N) is 3. The lowest BCUT2D eigenvalue weighted by Crippen LogP contribution is -2.36. The number of esters is 1. The van der Waals surface area contributed by atoms with E-state index in [4.69, 9.17) is 4.74 Å². The molecule has 40 heavy (non-hydrogen) atoms. The lowest BCUT2D eigenvalue weighted by atomic mass is 10.1. The van der Waals surface area contributed by atoms with Crippen LogP contribution in [-0.4, -0.2) is 44.3 Å². The van der Waals surface area contributed by atoms with Crippen molar-refractivity contribution in [2.75, 3.05) is 11.9 Å². The van der Waals surface area contributed by atoms with E-state index in [2.05, 4.69) is 27.9 Å². The van der Waals surface area contributed by atoms with E-state index < -0.39 is 56.4 Å². The molecule has 1 N–H and O–H groups in total. The molecule has 1 saturated heterocycles. The van der Waals surface area contributed by atoms with E-state index in [9.17, 15) is 39.4 Å². The molecule has 3 amide bonds. The van der Waals surface area contributed by atoms with E-state index in [1.807, 2.05) is 0 Å². The van der Waals surface area contributed by atoms with Crippen molar-refractivity contribution in [1.82, 2.24) is 4.90 Å². The van der Waals surface area contributed by atoms with Gasteiger partial charge < -0.3 is 10.1 Å². The van der Waals surface area contributed by atoms with Gasteiger partial charge in [-0.15, -0.1) is 0 Å². The minimum Gasteiger partial charge on any atom is -0.423 e. The van der Waals surface area contributed by atoms with Gasteiger partial charge in [0.2, 0.25) is 5.91 Å². The molecule has 3 aromatic rings. The fourth-order valence-electron chi connectivity index (χ4n) is 3.42. The molecule has 0 radical (unpaired) electrons. The van der Waals surface area contributed by atoms with Gasteiger partial charge in [-0.3, -0.25) is 39.5 Å². The number of thioether (sulfide) groups is 1. The summed E-state index contributed by atoms with van der Waals surface area (Å²) in [5, 5.41) is 24.2. The number of non-ortho nitro benzene ring substituents is 2. The number of carbonyl (C=O) groups is 4. The lowest BCUT2D eigenvalue weighted by molar-refractivity contribution is -0.394. The third-order valence-electron chi connectivity index (χ3n) is 5.23. The number of carbonyl (C=O) groups excluding carboxylic acids is 4. The number of nitro benzene ring substituents is 2. The zero-order valence-electron chi connectivity index (χ0n) is 19.9. The van der Waals surface area contributed by atoms with Gasteiger partial charge in [0.15, 0.2) is 0 Å². The van der Waals surface area contributed by atoms with Crippen molar-refractivity contribution in [2.45, 2.75) is 0 Å². The topological polar surface area (TPSA) is 179 Å². The number of hydrogen-bond acceptors (Lipinski definition) is 10. The van der Waals surface area contributed by atoms with Gasteiger partial charge in [0.25, 0.3) is 22.5 Å². The minimum absolute atomic E-state index is 0.0240. The first-order valence-corrected chi connectivity index (χ1v) is 13.0. The zero-order valence-corrected chi connectivity index (χ0v) is 22.9. The molecular weight excluding hydrogens is 659 g/mol. The number of ether oxygens (including phenoxy) is 1. The van der Waals surface area contributed by atoms with Gasteiger partial charge in [0, 0.05) is 21.4 Å². The number of rotatable bonds is 8. The van der Waals surface area contributed by atoms with Crippen LogP contribution < -0.4 is 10.1 Å². The Hall–Kier alpha value is -4.64. The van der Waals surface area contributed by atoms with Crippen molar-refractivity contribution in [2.24, 2.45) is 0 Å². The van der Waals surface area contributed by atoms with Crippen LogP contribution >= 0.6 is 34.4 Å². The standard InChI is InChI=1S/C25H15IN4O9S/c26-16-4-6-17(7-5-16)27-22(31)13-28-23(32)21(40-25(28)34)9-14-2-1-3-20(8-14)39-24(33)15-10-18(29(35)36)12-19(11-15)30(37)38/h1-12H,13H2,(H,27,31)/b21-9-. The molecule has 0 atom stereocenters. The summed E-state index contributed by atoms with van der Waals surface area (Å²) in [6.07, 6.45) is 1.37. The van der Waals surface area contributed by atoms with Crippen LogP contribution in [0.2, 0.25) is 0 Å². The van der Waals surface area contributed by atoms with Crippen LogP contribution in [-0.2, 0) is 9.59 Å².